The van der Waals surface area contributed by atoms with Crippen LogP contribution in [0.4, 0.5) is 5.69 Å². The lowest BCUT2D eigenvalue weighted by atomic mass is 9.76. The van der Waals surface area contributed by atoms with Crippen LogP contribution in [0.5, 0.6) is 11.5 Å². The van der Waals surface area contributed by atoms with Gasteiger partial charge in [0, 0.05) is 42.4 Å². The number of ketones is 1. The Balaban J connectivity index is 1.84. The Morgan fingerprint density at radius 3 is 2.48 bits per heavy atom. The number of rotatable bonds is 4. The molecule has 1 fully saturated rings. The number of Topliss-reactive ketones (excluding diaryl/α,β-unsaturated/α-hetero) is 1. The summed E-state index contributed by atoms with van der Waals surface area (Å²) in [6.45, 7) is 0. The van der Waals surface area contributed by atoms with Crippen molar-refractivity contribution in [2.75, 3.05) is 19.5 Å². The third kappa shape index (κ3) is 3.50. The SMILES string of the molecule is COc1cc(NC(=O)[C@H]2CC(=O)NC3=CCCC(=O)[C@H]32)cc(OC)c1. The Kier molecular flexibility index (Phi) is 4.74. The second-order valence-electron chi connectivity index (χ2n) is 6.09. The van der Waals surface area contributed by atoms with Gasteiger partial charge in [-0.15, -0.1) is 0 Å². The van der Waals surface area contributed by atoms with E-state index < -0.39 is 11.8 Å². The van der Waals surface area contributed by atoms with Crippen LogP contribution in [0.2, 0.25) is 0 Å². The number of benzene rings is 1. The Labute approximate surface area is 145 Å². The topological polar surface area (TPSA) is 93.7 Å². The third-order valence-corrected chi connectivity index (χ3v) is 4.48. The Hall–Kier alpha value is -2.83. The predicted molar refractivity (Wildman–Crippen MR) is 90.2 cm³/mol. The number of methoxy groups -OCH3 is 2. The van der Waals surface area contributed by atoms with E-state index in [1.807, 2.05) is 6.08 Å². The molecule has 3 rings (SSSR count). The summed E-state index contributed by atoms with van der Waals surface area (Å²) in [6.07, 6.45) is 2.80. The van der Waals surface area contributed by atoms with Crippen LogP contribution in [0, 0.1) is 11.8 Å². The second kappa shape index (κ2) is 6.96. The molecule has 7 heteroatoms. The minimum absolute atomic E-state index is 0.0131. The first-order valence-electron chi connectivity index (χ1n) is 8.08. The molecule has 2 N–H and O–H groups in total. The Bertz CT molecular complexity index is 734. The van der Waals surface area contributed by atoms with Gasteiger partial charge < -0.3 is 20.1 Å². The summed E-state index contributed by atoms with van der Waals surface area (Å²) in [6, 6.07) is 5.00. The van der Waals surface area contributed by atoms with Crippen LogP contribution < -0.4 is 20.1 Å². The number of piperidine rings is 1. The number of hydrogen-bond acceptors (Lipinski definition) is 5. The number of carbonyl (C=O) groups is 3. The van der Waals surface area contributed by atoms with Crippen LogP contribution in [-0.4, -0.2) is 31.8 Å². The fourth-order valence-electron chi connectivity index (χ4n) is 3.28. The van der Waals surface area contributed by atoms with Gasteiger partial charge in [0.2, 0.25) is 11.8 Å². The molecule has 7 nitrogen and oxygen atoms in total. The van der Waals surface area contributed by atoms with Crippen molar-refractivity contribution in [2.24, 2.45) is 11.8 Å². The minimum atomic E-state index is -0.718. The van der Waals surface area contributed by atoms with E-state index in [-0.39, 0.29) is 24.0 Å². The molecule has 0 unspecified atom stereocenters. The highest BCUT2D eigenvalue weighted by Crippen LogP contribution is 2.34. The van der Waals surface area contributed by atoms with Gasteiger partial charge in [-0.25, -0.2) is 0 Å². The highest BCUT2D eigenvalue weighted by atomic mass is 16.5. The van der Waals surface area contributed by atoms with Gasteiger partial charge in [-0.1, -0.05) is 6.08 Å². The Morgan fingerprint density at radius 1 is 1.16 bits per heavy atom. The van der Waals surface area contributed by atoms with Crippen LogP contribution in [0.1, 0.15) is 19.3 Å². The zero-order chi connectivity index (χ0) is 18.0. The zero-order valence-electron chi connectivity index (χ0n) is 14.1. The average molecular weight is 344 g/mol. The first kappa shape index (κ1) is 17.0. The lowest BCUT2D eigenvalue weighted by molar-refractivity contribution is -0.135. The van der Waals surface area contributed by atoms with Crippen molar-refractivity contribution in [3.8, 4) is 11.5 Å². The molecule has 1 aromatic rings. The summed E-state index contributed by atoms with van der Waals surface area (Å²) in [7, 11) is 3.03. The third-order valence-electron chi connectivity index (χ3n) is 4.48. The first-order chi connectivity index (χ1) is 12.0. The van der Waals surface area contributed by atoms with Crippen LogP contribution in [0.3, 0.4) is 0 Å². The smallest absolute Gasteiger partial charge is 0.229 e. The van der Waals surface area contributed by atoms with E-state index in [1.165, 1.54) is 14.2 Å². The standard InChI is InChI=1S/C18H20N2O5/c1-24-11-6-10(7-12(8-11)25-2)19-18(23)13-9-16(22)20-14-4-3-5-15(21)17(13)14/h4,6-8,13,17H,3,5,9H2,1-2H3,(H,19,23)(H,20,22)/t13-,17-/m0/s1. The summed E-state index contributed by atoms with van der Waals surface area (Å²) in [5, 5.41) is 5.49. The average Bonchev–Trinajstić information content (AvgIpc) is 2.60. The number of amides is 2. The molecular formula is C18H20N2O5. The molecule has 25 heavy (non-hydrogen) atoms. The normalized spacial score (nSPS) is 22.4. The molecule has 0 radical (unpaired) electrons. The molecule has 2 atom stereocenters. The predicted octanol–water partition coefficient (Wildman–Crippen LogP) is 1.64. The quantitative estimate of drug-likeness (QED) is 0.866. The highest BCUT2D eigenvalue weighted by Gasteiger charge is 2.42. The lowest BCUT2D eigenvalue weighted by Gasteiger charge is -2.34. The molecule has 0 aromatic heterocycles. The maximum atomic E-state index is 12.8. The van der Waals surface area contributed by atoms with E-state index in [0.29, 0.717) is 35.7 Å². The summed E-state index contributed by atoms with van der Waals surface area (Å²) in [5.74, 6) is -0.863. The van der Waals surface area contributed by atoms with Gasteiger partial charge in [-0.3, -0.25) is 14.4 Å². The number of nitrogens with one attached hydrogen (secondary N) is 2. The molecule has 2 amide bonds. The van der Waals surface area contributed by atoms with Gasteiger partial charge in [0.1, 0.15) is 17.3 Å². The van der Waals surface area contributed by atoms with Crippen LogP contribution in [-0.2, 0) is 14.4 Å². The number of ether oxygens (including phenoxy) is 2. The van der Waals surface area contributed by atoms with Crippen molar-refractivity contribution in [2.45, 2.75) is 19.3 Å². The van der Waals surface area contributed by atoms with E-state index in [2.05, 4.69) is 10.6 Å². The van der Waals surface area contributed by atoms with E-state index in [1.54, 1.807) is 18.2 Å². The number of anilines is 1. The number of carbonyl (C=O) groups excluding carboxylic acids is 3. The van der Waals surface area contributed by atoms with Crippen molar-refractivity contribution in [3.05, 3.63) is 30.0 Å². The molecule has 132 valence electrons. The molecule has 1 aliphatic heterocycles. The van der Waals surface area contributed by atoms with Gasteiger partial charge in [-0.05, 0) is 6.42 Å². The molecule has 0 saturated carbocycles. The van der Waals surface area contributed by atoms with Crippen molar-refractivity contribution in [3.63, 3.8) is 0 Å². The van der Waals surface area contributed by atoms with Crippen LogP contribution >= 0.6 is 0 Å². The first-order valence-corrected chi connectivity index (χ1v) is 8.08. The summed E-state index contributed by atoms with van der Waals surface area (Å²) < 4.78 is 10.4. The van der Waals surface area contributed by atoms with Gasteiger partial charge in [0.25, 0.3) is 0 Å². The van der Waals surface area contributed by atoms with Crippen molar-refractivity contribution in [1.29, 1.82) is 0 Å². The lowest BCUT2D eigenvalue weighted by Crippen LogP contribution is -2.47. The van der Waals surface area contributed by atoms with Gasteiger partial charge in [0.15, 0.2) is 0 Å². The summed E-state index contributed by atoms with van der Waals surface area (Å²) in [5.41, 5.74) is 1.04. The maximum absolute atomic E-state index is 12.8. The molecule has 2 aliphatic rings. The van der Waals surface area contributed by atoms with Gasteiger partial charge in [0.05, 0.1) is 26.1 Å². The largest absolute Gasteiger partial charge is 0.497 e. The fourth-order valence-corrected chi connectivity index (χ4v) is 3.28. The number of allylic oxidation sites excluding steroid dienone is 2. The van der Waals surface area contributed by atoms with E-state index in [9.17, 15) is 14.4 Å². The highest BCUT2D eigenvalue weighted by molar-refractivity contribution is 6.02. The van der Waals surface area contributed by atoms with Crippen molar-refractivity contribution >= 4 is 23.3 Å². The monoisotopic (exact) mass is 344 g/mol. The molecule has 1 heterocycles. The van der Waals surface area contributed by atoms with Crippen molar-refractivity contribution in [1.82, 2.24) is 5.32 Å². The van der Waals surface area contributed by atoms with E-state index >= 15 is 0 Å². The molecular weight excluding hydrogens is 324 g/mol. The number of hydrogen-bond donors (Lipinski definition) is 2. The molecule has 0 spiro atoms. The minimum Gasteiger partial charge on any atom is -0.497 e. The number of fused-ring (bicyclic) bond motifs is 1. The van der Waals surface area contributed by atoms with E-state index in [4.69, 9.17) is 9.47 Å². The van der Waals surface area contributed by atoms with Gasteiger partial charge >= 0.3 is 0 Å². The van der Waals surface area contributed by atoms with Crippen LogP contribution in [0.25, 0.3) is 0 Å². The Morgan fingerprint density at radius 2 is 1.84 bits per heavy atom. The molecule has 1 aromatic carbocycles. The summed E-state index contributed by atoms with van der Waals surface area (Å²) in [4.78, 5) is 37.0. The maximum Gasteiger partial charge on any atom is 0.229 e. The van der Waals surface area contributed by atoms with Crippen LogP contribution in [0.15, 0.2) is 30.0 Å². The van der Waals surface area contributed by atoms with Gasteiger partial charge in [-0.2, -0.15) is 0 Å². The van der Waals surface area contributed by atoms with E-state index in [0.717, 1.165) is 0 Å². The zero-order valence-corrected chi connectivity index (χ0v) is 14.1. The fraction of sp³-hybridized carbons (Fsp3) is 0.389. The van der Waals surface area contributed by atoms with Crippen molar-refractivity contribution < 1.29 is 23.9 Å². The summed E-state index contributed by atoms with van der Waals surface area (Å²) >= 11 is 0. The molecule has 0 bridgehead atoms. The second-order valence-corrected chi connectivity index (χ2v) is 6.09. The molecule has 1 saturated heterocycles. The molecule has 1 aliphatic carbocycles.